The smallest absolute Gasteiger partial charge is 0.377 e. The average molecular weight is 545 g/mol. The first kappa shape index (κ1) is 27.3. The minimum absolute atomic E-state index is 0.0459. The zero-order chi connectivity index (χ0) is 27.5. The van der Waals surface area contributed by atoms with Crippen LogP contribution in [0.1, 0.15) is 50.2 Å². The van der Waals surface area contributed by atoms with Crippen molar-refractivity contribution in [3.05, 3.63) is 58.3 Å². The Morgan fingerprint density at radius 1 is 1.11 bits per heavy atom. The largest absolute Gasteiger partial charge is 0.427 e. The number of hydroxylamine groups is 2. The molecule has 38 heavy (non-hydrogen) atoms. The number of nitrogens with one attached hydrogen (secondary N) is 1. The maximum atomic E-state index is 13.6. The van der Waals surface area contributed by atoms with Gasteiger partial charge in [-0.3, -0.25) is 24.0 Å². The standard InChI is InChI=1S/C26H28N2O9S/c1-25(2,3)23(32)34-15-35-24(33)26(12-11-19(30)36-26)28-22(31)20(21(37-28)16-8-5-4-6-9-16)27-18(29)14-17-10-7-13-38-17/h4-10,13,20-21H,11-12,14-15H2,1-3H3,(H,27,29). The average Bonchev–Trinajstić information content (AvgIpc) is 3.60. The van der Waals surface area contributed by atoms with Gasteiger partial charge in [-0.15, -0.1) is 11.3 Å². The number of nitrogens with zero attached hydrogens (tertiary/aromatic N) is 1. The van der Waals surface area contributed by atoms with Crippen LogP contribution >= 0.6 is 11.3 Å². The van der Waals surface area contributed by atoms with Crippen LogP contribution in [0, 0.1) is 5.41 Å². The SMILES string of the molecule is CC(C)(C)C(=O)OCOC(=O)C1(N2OC(c3ccccc3)C(NC(=O)Cc3cccs3)C2=O)CCC(=O)O1. The predicted molar refractivity (Wildman–Crippen MR) is 132 cm³/mol. The summed E-state index contributed by atoms with van der Waals surface area (Å²) in [7, 11) is 0. The molecule has 1 N–H and O–H groups in total. The van der Waals surface area contributed by atoms with Crippen molar-refractivity contribution in [1.82, 2.24) is 10.4 Å². The summed E-state index contributed by atoms with van der Waals surface area (Å²) in [5, 5.41) is 5.20. The van der Waals surface area contributed by atoms with Crippen LogP contribution in [-0.2, 0) is 49.4 Å². The minimum atomic E-state index is -2.25. The van der Waals surface area contributed by atoms with Crippen molar-refractivity contribution in [1.29, 1.82) is 0 Å². The van der Waals surface area contributed by atoms with E-state index in [9.17, 15) is 24.0 Å². The molecule has 3 heterocycles. The van der Waals surface area contributed by atoms with Gasteiger partial charge in [-0.25, -0.2) is 4.79 Å². The van der Waals surface area contributed by atoms with Crippen molar-refractivity contribution in [2.75, 3.05) is 6.79 Å². The van der Waals surface area contributed by atoms with E-state index < -0.39 is 59.8 Å². The van der Waals surface area contributed by atoms with Crippen molar-refractivity contribution in [2.45, 2.75) is 57.9 Å². The quantitative estimate of drug-likeness (QED) is 0.392. The van der Waals surface area contributed by atoms with Gasteiger partial charge in [0.2, 0.25) is 12.7 Å². The normalized spacial score (nSPS) is 23.2. The van der Waals surface area contributed by atoms with E-state index in [1.165, 1.54) is 11.3 Å². The predicted octanol–water partition coefficient (Wildman–Crippen LogP) is 2.41. The highest BCUT2D eigenvalue weighted by molar-refractivity contribution is 7.10. The summed E-state index contributed by atoms with van der Waals surface area (Å²) in [6, 6.07) is 11.1. The Balaban J connectivity index is 1.57. The van der Waals surface area contributed by atoms with Crippen molar-refractivity contribution in [2.24, 2.45) is 5.41 Å². The fourth-order valence-corrected chi connectivity index (χ4v) is 4.68. The summed E-state index contributed by atoms with van der Waals surface area (Å²) in [5.41, 5.74) is -2.53. The molecule has 2 aliphatic heterocycles. The van der Waals surface area contributed by atoms with E-state index in [1.54, 1.807) is 57.2 Å². The third kappa shape index (κ3) is 5.70. The highest BCUT2D eigenvalue weighted by Crippen LogP contribution is 2.41. The first-order chi connectivity index (χ1) is 18.0. The first-order valence-electron chi connectivity index (χ1n) is 11.9. The number of carbonyl (C=O) groups is 5. The Morgan fingerprint density at radius 2 is 1.84 bits per heavy atom. The van der Waals surface area contributed by atoms with Crippen molar-refractivity contribution >= 4 is 41.1 Å². The van der Waals surface area contributed by atoms with Crippen LogP contribution in [0.5, 0.6) is 0 Å². The Hall–Kier alpha value is -3.77. The van der Waals surface area contributed by atoms with Crippen molar-refractivity contribution < 1.29 is 43.0 Å². The number of hydrogen-bond acceptors (Lipinski definition) is 10. The molecule has 4 rings (SSSR count). The topological polar surface area (TPSA) is 138 Å². The number of hydrogen-bond donors (Lipinski definition) is 1. The van der Waals surface area contributed by atoms with Crippen LogP contribution in [-0.4, -0.2) is 53.3 Å². The Kier molecular flexibility index (Phi) is 7.83. The van der Waals surface area contributed by atoms with Crippen molar-refractivity contribution in [3.63, 3.8) is 0 Å². The first-order valence-corrected chi connectivity index (χ1v) is 12.8. The summed E-state index contributed by atoms with van der Waals surface area (Å²) in [6.07, 6.45) is -1.40. The van der Waals surface area contributed by atoms with E-state index >= 15 is 0 Å². The molecule has 0 radical (unpaired) electrons. The number of amides is 2. The summed E-state index contributed by atoms with van der Waals surface area (Å²) in [6.45, 7) is 4.14. The Labute approximate surface area is 222 Å². The molecule has 2 amide bonds. The minimum Gasteiger partial charge on any atom is -0.427 e. The molecular formula is C26H28N2O9S. The third-order valence-corrected chi connectivity index (χ3v) is 6.81. The lowest BCUT2D eigenvalue weighted by molar-refractivity contribution is -0.274. The lowest BCUT2D eigenvalue weighted by atomic mass is 9.98. The number of ether oxygens (including phenoxy) is 3. The van der Waals surface area contributed by atoms with Gasteiger partial charge in [0.25, 0.3) is 5.91 Å². The summed E-state index contributed by atoms with van der Waals surface area (Å²) < 4.78 is 15.4. The summed E-state index contributed by atoms with van der Waals surface area (Å²) in [4.78, 5) is 70.6. The van der Waals surface area contributed by atoms with Gasteiger partial charge >= 0.3 is 23.6 Å². The lowest BCUT2D eigenvalue weighted by Gasteiger charge is -2.32. The van der Waals surface area contributed by atoms with Gasteiger partial charge in [-0.1, -0.05) is 36.4 Å². The molecule has 2 aromatic rings. The van der Waals surface area contributed by atoms with Gasteiger partial charge in [0.1, 0.15) is 12.1 Å². The second-order valence-corrected chi connectivity index (χ2v) is 10.9. The Bertz CT molecular complexity index is 1210. The van der Waals surface area contributed by atoms with Gasteiger partial charge in [0.15, 0.2) is 0 Å². The molecule has 0 aliphatic carbocycles. The molecule has 2 saturated heterocycles. The number of rotatable bonds is 8. The number of thiophene rings is 1. The molecule has 1 aromatic heterocycles. The van der Waals surface area contributed by atoms with Gasteiger partial charge < -0.3 is 19.5 Å². The molecule has 12 heteroatoms. The van der Waals surface area contributed by atoms with E-state index in [2.05, 4.69) is 5.32 Å². The monoisotopic (exact) mass is 544 g/mol. The molecule has 2 fully saturated rings. The molecule has 2 aliphatic rings. The van der Waals surface area contributed by atoms with E-state index in [4.69, 9.17) is 19.0 Å². The van der Waals surface area contributed by atoms with Gasteiger partial charge in [0.05, 0.1) is 18.3 Å². The van der Waals surface area contributed by atoms with Crippen molar-refractivity contribution in [3.8, 4) is 0 Å². The lowest BCUT2D eigenvalue weighted by Crippen LogP contribution is -2.57. The highest BCUT2D eigenvalue weighted by atomic mass is 32.1. The second kappa shape index (κ2) is 10.9. The number of benzene rings is 1. The van der Waals surface area contributed by atoms with Crippen LogP contribution in [0.15, 0.2) is 47.8 Å². The van der Waals surface area contributed by atoms with Crippen LogP contribution in [0.4, 0.5) is 0 Å². The zero-order valence-electron chi connectivity index (χ0n) is 21.1. The third-order valence-electron chi connectivity index (χ3n) is 5.94. The number of cyclic esters (lactones) is 1. The van der Waals surface area contributed by atoms with E-state index in [1.807, 2.05) is 11.4 Å². The van der Waals surface area contributed by atoms with Crippen LogP contribution < -0.4 is 5.32 Å². The van der Waals surface area contributed by atoms with E-state index in [0.717, 1.165) is 4.88 Å². The molecule has 3 atom stereocenters. The van der Waals surface area contributed by atoms with Crippen LogP contribution in [0.25, 0.3) is 0 Å². The van der Waals surface area contributed by atoms with E-state index in [-0.39, 0.29) is 19.3 Å². The molecule has 11 nitrogen and oxygen atoms in total. The van der Waals surface area contributed by atoms with Gasteiger partial charge in [0, 0.05) is 11.3 Å². The summed E-state index contributed by atoms with van der Waals surface area (Å²) >= 11 is 1.40. The maximum Gasteiger partial charge on any atom is 0.377 e. The maximum absolute atomic E-state index is 13.6. The fourth-order valence-electron chi connectivity index (χ4n) is 3.97. The fraction of sp³-hybridized carbons (Fsp3) is 0.423. The molecule has 202 valence electrons. The van der Waals surface area contributed by atoms with E-state index in [0.29, 0.717) is 10.6 Å². The highest BCUT2D eigenvalue weighted by Gasteiger charge is 2.62. The molecular weight excluding hydrogens is 516 g/mol. The second-order valence-electron chi connectivity index (χ2n) is 9.86. The molecule has 1 aromatic carbocycles. The number of esters is 3. The summed E-state index contributed by atoms with van der Waals surface area (Å²) in [5.74, 6) is -3.72. The van der Waals surface area contributed by atoms with Gasteiger partial charge in [-0.05, 0) is 37.8 Å². The zero-order valence-corrected chi connectivity index (χ0v) is 21.9. The number of carbonyl (C=O) groups excluding carboxylic acids is 5. The van der Waals surface area contributed by atoms with Crippen LogP contribution in [0.3, 0.4) is 0 Å². The van der Waals surface area contributed by atoms with Crippen LogP contribution in [0.2, 0.25) is 0 Å². The molecule has 0 bridgehead atoms. The Morgan fingerprint density at radius 3 is 2.45 bits per heavy atom. The molecule has 0 spiro atoms. The molecule has 3 unspecified atom stereocenters. The van der Waals surface area contributed by atoms with Gasteiger partial charge in [-0.2, -0.15) is 5.06 Å². The molecule has 0 saturated carbocycles.